The van der Waals surface area contributed by atoms with Gasteiger partial charge in [-0.2, -0.15) is 0 Å². The molecule has 1 N–H and O–H groups in total. The number of aromatic nitrogens is 1. The van der Waals surface area contributed by atoms with Crippen LogP contribution in [0, 0.1) is 0 Å². The molecule has 0 radical (unpaired) electrons. The molecule has 0 fully saturated rings. The smallest absolute Gasteiger partial charge is 0.413 e. The largest absolute Gasteiger partial charge is 0.452 e. The second kappa shape index (κ2) is 9.83. The van der Waals surface area contributed by atoms with Crippen LogP contribution in [0.5, 0.6) is 0 Å². The maximum Gasteiger partial charge on any atom is 0.413 e. The number of carbonyl (C=O) groups is 3. The Labute approximate surface area is 195 Å². The summed E-state index contributed by atoms with van der Waals surface area (Å²) in [6.45, 7) is 1.14. The maximum absolute atomic E-state index is 13.1. The quantitative estimate of drug-likeness (QED) is 0.545. The molecule has 2 aromatic carbocycles. The number of hydrogen-bond acceptors (Lipinski definition) is 6. The fraction of sp³-hybridized carbons (Fsp3) is 0.200. The van der Waals surface area contributed by atoms with Crippen molar-refractivity contribution < 1.29 is 23.9 Å². The Morgan fingerprint density at radius 3 is 2.58 bits per heavy atom. The lowest BCUT2D eigenvalue weighted by Crippen LogP contribution is -2.34. The first-order valence-electron chi connectivity index (χ1n) is 10.5. The molecule has 1 heterocycles. The first kappa shape index (κ1) is 22.5. The SMILES string of the molecule is CCOC(=O)NC(=O)COC(=O)c1c2c(nc3ccccc13)/C(=C/c1ccc(Cl)cc1)CC2. The number of benzene rings is 2. The van der Waals surface area contributed by atoms with Gasteiger partial charge in [-0.15, -0.1) is 0 Å². The highest BCUT2D eigenvalue weighted by atomic mass is 35.5. The lowest BCUT2D eigenvalue weighted by atomic mass is 10.0. The number of para-hydroxylation sites is 1. The number of esters is 1. The summed E-state index contributed by atoms with van der Waals surface area (Å²) < 4.78 is 9.90. The molecule has 33 heavy (non-hydrogen) atoms. The summed E-state index contributed by atoms with van der Waals surface area (Å²) in [5.41, 5.74) is 4.56. The molecule has 0 spiro atoms. The second-order valence-electron chi connectivity index (χ2n) is 7.40. The van der Waals surface area contributed by atoms with Crippen LogP contribution >= 0.6 is 11.6 Å². The van der Waals surface area contributed by atoms with Crippen LogP contribution < -0.4 is 5.32 Å². The molecular formula is C25H21ClN2O5. The summed E-state index contributed by atoms with van der Waals surface area (Å²) in [5, 5.41) is 3.32. The number of fused-ring (bicyclic) bond motifs is 2. The monoisotopic (exact) mass is 464 g/mol. The lowest BCUT2D eigenvalue weighted by Gasteiger charge is -2.12. The highest BCUT2D eigenvalue weighted by Gasteiger charge is 2.28. The van der Waals surface area contributed by atoms with E-state index in [2.05, 4.69) is 4.74 Å². The van der Waals surface area contributed by atoms with Crippen molar-refractivity contribution in [3.8, 4) is 0 Å². The molecule has 1 aliphatic rings. The van der Waals surface area contributed by atoms with Crippen LogP contribution in [0.2, 0.25) is 5.02 Å². The summed E-state index contributed by atoms with van der Waals surface area (Å²) in [5.74, 6) is -1.41. The number of hydrogen-bond donors (Lipinski definition) is 1. The number of nitrogens with zero attached hydrogens (tertiary/aromatic N) is 1. The highest BCUT2D eigenvalue weighted by Crippen LogP contribution is 2.37. The van der Waals surface area contributed by atoms with Crippen LogP contribution in [0.15, 0.2) is 48.5 Å². The third-order valence-electron chi connectivity index (χ3n) is 5.21. The van der Waals surface area contributed by atoms with E-state index in [0.717, 1.165) is 22.4 Å². The van der Waals surface area contributed by atoms with Gasteiger partial charge in [0.15, 0.2) is 6.61 Å². The van der Waals surface area contributed by atoms with Gasteiger partial charge in [-0.1, -0.05) is 41.9 Å². The summed E-state index contributed by atoms with van der Waals surface area (Å²) >= 11 is 5.99. The minimum atomic E-state index is -0.884. The van der Waals surface area contributed by atoms with Gasteiger partial charge >= 0.3 is 12.1 Å². The number of ether oxygens (including phenoxy) is 2. The van der Waals surface area contributed by atoms with E-state index in [4.69, 9.17) is 21.3 Å². The van der Waals surface area contributed by atoms with E-state index >= 15 is 0 Å². The molecule has 0 aliphatic heterocycles. The normalized spacial score (nSPS) is 13.6. The van der Waals surface area contributed by atoms with Crippen molar-refractivity contribution in [2.75, 3.05) is 13.2 Å². The van der Waals surface area contributed by atoms with E-state index in [0.29, 0.717) is 34.3 Å². The molecule has 2 amide bonds. The van der Waals surface area contributed by atoms with Crippen LogP contribution in [0.4, 0.5) is 4.79 Å². The zero-order valence-electron chi connectivity index (χ0n) is 17.9. The van der Waals surface area contributed by atoms with Crippen LogP contribution in [0.3, 0.4) is 0 Å². The number of nitrogens with one attached hydrogen (secondary N) is 1. The Hall–Kier alpha value is -3.71. The van der Waals surface area contributed by atoms with Gasteiger partial charge in [-0.25, -0.2) is 14.6 Å². The number of carbonyl (C=O) groups excluding carboxylic acids is 3. The Morgan fingerprint density at radius 2 is 1.82 bits per heavy atom. The van der Waals surface area contributed by atoms with Crippen molar-refractivity contribution in [3.63, 3.8) is 0 Å². The minimum absolute atomic E-state index is 0.125. The minimum Gasteiger partial charge on any atom is -0.452 e. The van der Waals surface area contributed by atoms with Crippen molar-refractivity contribution in [1.82, 2.24) is 10.3 Å². The number of pyridine rings is 1. The van der Waals surface area contributed by atoms with Crippen molar-refractivity contribution in [2.24, 2.45) is 0 Å². The van der Waals surface area contributed by atoms with E-state index in [-0.39, 0.29) is 6.61 Å². The predicted octanol–water partition coefficient (Wildman–Crippen LogP) is 4.80. The molecule has 7 nitrogen and oxygen atoms in total. The number of alkyl carbamates (subject to hydrolysis) is 1. The van der Waals surface area contributed by atoms with E-state index in [1.807, 2.05) is 53.9 Å². The van der Waals surface area contributed by atoms with Crippen LogP contribution in [-0.4, -0.2) is 36.2 Å². The summed E-state index contributed by atoms with van der Waals surface area (Å²) in [7, 11) is 0. The molecule has 0 saturated carbocycles. The van der Waals surface area contributed by atoms with Gasteiger partial charge in [0.1, 0.15) is 0 Å². The Bertz CT molecular complexity index is 1270. The standard InChI is InChI=1S/C25H21ClN2O5/c1-2-32-25(31)28-21(29)14-33-24(30)22-18-5-3-4-6-20(18)27-23-16(9-12-19(22)23)13-15-7-10-17(26)11-8-15/h3-8,10-11,13H,2,9,12,14H2,1H3,(H,28,29,31)/b16-13+. The van der Waals surface area contributed by atoms with Crippen molar-refractivity contribution >= 4 is 52.1 Å². The van der Waals surface area contributed by atoms with Crippen LogP contribution in [0.1, 0.15) is 40.5 Å². The Morgan fingerprint density at radius 1 is 1.06 bits per heavy atom. The first-order valence-corrected chi connectivity index (χ1v) is 10.9. The molecule has 0 atom stereocenters. The van der Waals surface area contributed by atoms with Crippen molar-refractivity contribution in [1.29, 1.82) is 0 Å². The van der Waals surface area contributed by atoms with Crippen LogP contribution in [-0.2, 0) is 20.7 Å². The number of amides is 2. The number of allylic oxidation sites excluding steroid dienone is 1. The maximum atomic E-state index is 13.1. The zero-order chi connectivity index (χ0) is 23.4. The Kier molecular flexibility index (Phi) is 6.70. The van der Waals surface area contributed by atoms with Gasteiger partial charge in [0.05, 0.1) is 23.4 Å². The topological polar surface area (TPSA) is 94.6 Å². The highest BCUT2D eigenvalue weighted by molar-refractivity contribution is 6.30. The molecule has 8 heteroatoms. The molecule has 0 unspecified atom stereocenters. The van der Waals surface area contributed by atoms with Gasteiger partial charge in [-0.05, 0) is 60.7 Å². The van der Waals surface area contributed by atoms with E-state index in [1.54, 1.807) is 13.0 Å². The van der Waals surface area contributed by atoms with Gasteiger partial charge in [0.2, 0.25) is 0 Å². The molecule has 0 bridgehead atoms. The van der Waals surface area contributed by atoms with Gasteiger partial charge in [-0.3, -0.25) is 10.1 Å². The molecule has 0 saturated heterocycles. The number of rotatable bonds is 5. The van der Waals surface area contributed by atoms with Crippen molar-refractivity contribution in [2.45, 2.75) is 19.8 Å². The zero-order valence-corrected chi connectivity index (χ0v) is 18.6. The number of halogens is 1. The van der Waals surface area contributed by atoms with E-state index < -0.39 is 24.6 Å². The van der Waals surface area contributed by atoms with Crippen molar-refractivity contribution in [3.05, 3.63) is 75.9 Å². The van der Waals surface area contributed by atoms with Gasteiger partial charge in [0, 0.05) is 10.4 Å². The third-order valence-corrected chi connectivity index (χ3v) is 5.46. The van der Waals surface area contributed by atoms with Gasteiger partial charge < -0.3 is 9.47 Å². The van der Waals surface area contributed by atoms with E-state index in [9.17, 15) is 14.4 Å². The van der Waals surface area contributed by atoms with E-state index in [1.165, 1.54) is 0 Å². The molecule has 168 valence electrons. The summed E-state index contributed by atoms with van der Waals surface area (Å²) in [4.78, 5) is 41.2. The average Bonchev–Trinajstić information content (AvgIpc) is 3.19. The average molecular weight is 465 g/mol. The predicted molar refractivity (Wildman–Crippen MR) is 125 cm³/mol. The summed E-state index contributed by atoms with van der Waals surface area (Å²) in [6.07, 6.45) is 2.48. The lowest BCUT2D eigenvalue weighted by molar-refractivity contribution is -0.123. The summed E-state index contributed by atoms with van der Waals surface area (Å²) in [6, 6.07) is 14.8. The fourth-order valence-corrected chi connectivity index (χ4v) is 3.92. The molecule has 4 rings (SSSR count). The second-order valence-corrected chi connectivity index (χ2v) is 7.83. The third kappa shape index (κ3) is 5.04. The Balaban J connectivity index is 1.65. The fourth-order valence-electron chi connectivity index (χ4n) is 3.79. The van der Waals surface area contributed by atoms with Gasteiger partial charge in [0.25, 0.3) is 5.91 Å². The molecule has 1 aromatic heterocycles. The molecule has 1 aliphatic carbocycles. The molecule has 3 aromatic rings. The number of imide groups is 1. The van der Waals surface area contributed by atoms with Crippen LogP contribution in [0.25, 0.3) is 22.6 Å². The molecular weight excluding hydrogens is 444 g/mol. The first-order chi connectivity index (χ1) is 16.0.